The molecule has 0 aliphatic heterocycles. The van der Waals surface area contributed by atoms with Crippen LogP contribution in [0.4, 0.5) is 0 Å². The molecule has 31 heavy (non-hydrogen) atoms. The summed E-state index contributed by atoms with van der Waals surface area (Å²) in [6, 6.07) is 27.0. The van der Waals surface area contributed by atoms with Crippen molar-refractivity contribution in [3.05, 3.63) is 90.5 Å². The van der Waals surface area contributed by atoms with E-state index in [9.17, 15) is 9.59 Å². The van der Waals surface area contributed by atoms with Crippen LogP contribution in [-0.4, -0.2) is 33.0 Å². The number of ketones is 1. The molecule has 0 bridgehead atoms. The molecule has 5 nitrogen and oxygen atoms in total. The first kappa shape index (κ1) is 20.9. The number of nitrogens with one attached hydrogen (secondary N) is 1. The van der Waals surface area contributed by atoms with Crippen LogP contribution in [0, 0.1) is 0 Å². The Labute approximate surface area is 185 Å². The highest BCUT2D eigenvalue weighted by Crippen LogP contribution is 2.27. The predicted octanol–water partition coefficient (Wildman–Crippen LogP) is 4.43. The first-order valence-electron chi connectivity index (χ1n) is 10.1. The molecule has 1 N–H and O–H groups in total. The van der Waals surface area contributed by atoms with Gasteiger partial charge < -0.3 is 5.32 Å². The Morgan fingerprint density at radius 1 is 0.935 bits per heavy atom. The molecule has 1 heterocycles. The molecule has 0 fully saturated rings. The Balaban J connectivity index is 1.50. The molecule has 6 heteroatoms. The van der Waals surface area contributed by atoms with Gasteiger partial charge in [0.1, 0.15) is 0 Å². The average Bonchev–Trinajstić information content (AvgIpc) is 3.17. The summed E-state index contributed by atoms with van der Waals surface area (Å²) < 4.78 is 2.06. The maximum Gasteiger partial charge on any atom is 0.231 e. The van der Waals surface area contributed by atoms with Crippen LogP contribution >= 0.6 is 11.8 Å². The van der Waals surface area contributed by atoms with E-state index in [0.717, 1.165) is 27.4 Å². The van der Waals surface area contributed by atoms with Crippen molar-refractivity contribution in [2.45, 2.75) is 24.5 Å². The summed E-state index contributed by atoms with van der Waals surface area (Å²) in [4.78, 5) is 29.5. The van der Waals surface area contributed by atoms with E-state index in [-0.39, 0.29) is 17.4 Å². The van der Waals surface area contributed by atoms with Crippen LogP contribution in [-0.2, 0) is 16.0 Å². The number of carbonyl (C=O) groups is 2. The number of aromatic nitrogens is 2. The second kappa shape index (κ2) is 9.62. The van der Waals surface area contributed by atoms with Crippen LogP contribution < -0.4 is 5.32 Å². The van der Waals surface area contributed by atoms with Gasteiger partial charge in [0, 0.05) is 5.69 Å². The lowest BCUT2D eigenvalue weighted by molar-refractivity contribution is -0.125. The van der Waals surface area contributed by atoms with Crippen LogP contribution in [0.3, 0.4) is 0 Å². The number of imidazole rings is 1. The van der Waals surface area contributed by atoms with Crippen molar-refractivity contribution >= 4 is 34.5 Å². The summed E-state index contributed by atoms with van der Waals surface area (Å²) in [5, 5.41) is 3.62. The highest BCUT2D eigenvalue weighted by molar-refractivity contribution is 7.99. The maximum atomic E-state index is 12.7. The van der Waals surface area contributed by atoms with Gasteiger partial charge >= 0.3 is 0 Å². The number of benzene rings is 3. The fourth-order valence-electron chi connectivity index (χ4n) is 3.44. The maximum absolute atomic E-state index is 12.7. The summed E-state index contributed by atoms with van der Waals surface area (Å²) in [6.07, 6.45) is 0.481. The van der Waals surface area contributed by atoms with Crippen LogP contribution in [0.2, 0.25) is 0 Å². The van der Waals surface area contributed by atoms with E-state index >= 15 is 0 Å². The number of hydrogen-bond donors (Lipinski definition) is 1. The minimum absolute atomic E-state index is 0.0567. The first-order valence-corrected chi connectivity index (χ1v) is 11.1. The molecule has 156 valence electrons. The zero-order valence-electron chi connectivity index (χ0n) is 17.2. The number of fused-ring (bicyclic) bond motifs is 1. The van der Waals surface area contributed by atoms with Crippen molar-refractivity contribution in [2.24, 2.45) is 0 Å². The third-order valence-electron chi connectivity index (χ3n) is 4.99. The first-order chi connectivity index (χ1) is 15.1. The van der Waals surface area contributed by atoms with Crippen LogP contribution in [0.1, 0.15) is 12.5 Å². The fourth-order valence-corrected chi connectivity index (χ4v) is 4.28. The number of para-hydroxylation sites is 3. The van der Waals surface area contributed by atoms with Gasteiger partial charge in [0.2, 0.25) is 5.91 Å². The SMILES string of the molecule is CC(=O)C(Cc1ccccc1)NC(=O)CSc1nc2ccccc2n1-c1ccccc1. The normalized spacial score (nSPS) is 11.9. The summed E-state index contributed by atoms with van der Waals surface area (Å²) >= 11 is 1.36. The highest BCUT2D eigenvalue weighted by atomic mass is 32.2. The predicted molar refractivity (Wildman–Crippen MR) is 125 cm³/mol. The van der Waals surface area contributed by atoms with E-state index < -0.39 is 6.04 Å². The van der Waals surface area contributed by atoms with Crippen molar-refractivity contribution in [2.75, 3.05) is 5.75 Å². The van der Waals surface area contributed by atoms with Crippen LogP contribution in [0.25, 0.3) is 16.7 Å². The summed E-state index contributed by atoms with van der Waals surface area (Å²) in [6.45, 7) is 1.51. The van der Waals surface area contributed by atoms with Gasteiger partial charge in [-0.25, -0.2) is 4.98 Å². The number of Topliss-reactive ketones (excluding diaryl/α,β-unsaturated/α-hetero) is 1. The van der Waals surface area contributed by atoms with Crippen molar-refractivity contribution in [3.63, 3.8) is 0 Å². The van der Waals surface area contributed by atoms with E-state index in [4.69, 9.17) is 4.98 Å². The van der Waals surface area contributed by atoms with E-state index in [1.807, 2.05) is 84.9 Å². The standard InChI is InChI=1S/C25H23N3O2S/c1-18(29)22(16-19-10-4-2-5-11-19)26-24(30)17-31-25-27-21-14-8-9-15-23(21)28(25)20-12-6-3-7-13-20/h2-15,22H,16-17H2,1H3,(H,26,30). The van der Waals surface area contributed by atoms with Gasteiger partial charge in [0.15, 0.2) is 10.9 Å². The topological polar surface area (TPSA) is 64.0 Å². The molecule has 1 amide bonds. The largest absolute Gasteiger partial charge is 0.345 e. The number of rotatable bonds is 8. The molecular formula is C25H23N3O2S. The van der Waals surface area contributed by atoms with Crippen molar-refractivity contribution in [3.8, 4) is 5.69 Å². The van der Waals surface area contributed by atoms with Gasteiger partial charge in [-0.05, 0) is 43.2 Å². The van der Waals surface area contributed by atoms with Crippen molar-refractivity contribution < 1.29 is 9.59 Å². The Morgan fingerprint density at radius 2 is 1.58 bits per heavy atom. The van der Waals surface area contributed by atoms with Crippen LogP contribution in [0.5, 0.6) is 0 Å². The molecule has 3 aromatic carbocycles. The Bertz CT molecular complexity index is 1190. The second-order valence-corrected chi connectivity index (χ2v) is 8.21. The van der Waals surface area contributed by atoms with E-state index in [1.165, 1.54) is 18.7 Å². The Kier molecular flexibility index (Phi) is 6.48. The summed E-state index contributed by atoms with van der Waals surface area (Å²) in [5.41, 5.74) is 3.87. The lowest BCUT2D eigenvalue weighted by Crippen LogP contribution is -2.42. The number of hydrogen-bond acceptors (Lipinski definition) is 4. The number of carbonyl (C=O) groups excluding carboxylic acids is 2. The molecule has 0 radical (unpaired) electrons. The molecular weight excluding hydrogens is 406 g/mol. The highest BCUT2D eigenvalue weighted by Gasteiger charge is 2.19. The summed E-state index contributed by atoms with van der Waals surface area (Å²) in [7, 11) is 0. The van der Waals surface area contributed by atoms with Crippen LogP contribution in [0.15, 0.2) is 90.1 Å². The van der Waals surface area contributed by atoms with Gasteiger partial charge in [-0.15, -0.1) is 0 Å². The molecule has 0 saturated carbocycles. The minimum atomic E-state index is -0.538. The zero-order valence-corrected chi connectivity index (χ0v) is 18.0. The average molecular weight is 430 g/mol. The molecule has 0 aliphatic rings. The van der Waals surface area contributed by atoms with Gasteiger partial charge in [-0.3, -0.25) is 14.2 Å². The van der Waals surface area contributed by atoms with Gasteiger partial charge in [0.25, 0.3) is 0 Å². The van der Waals surface area contributed by atoms with E-state index in [1.54, 1.807) is 0 Å². The zero-order chi connectivity index (χ0) is 21.6. The van der Waals surface area contributed by atoms with E-state index in [2.05, 4.69) is 9.88 Å². The number of amides is 1. The molecule has 0 spiro atoms. The van der Waals surface area contributed by atoms with Gasteiger partial charge in [-0.1, -0.05) is 72.4 Å². The Morgan fingerprint density at radius 3 is 2.29 bits per heavy atom. The van der Waals surface area contributed by atoms with Crippen molar-refractivity contribution in [1.82, 2.24) is 14.9 Å². The lowest BCUT2D eigenvalue weighted by Gasteiger charge is -2.16. The second-order valence-electron chi connectivity index (χ2n) is 7.26. The summed E-state index contributed by atoms with van der Waals surface area (Å²) in [5.74, 6) is -0.0686. The Hall–Kier alpha value is -3.38. The molecule has 1 atom stereocenters. The smallest absolute Gasteiger partial charge is 0.231 e. The molecule has 0 aliphatic carbocycles. The lowest BCUT2D eigenvalue weighted by atomic mass is 10.0. The number of thioether (sulfide) groups is 1. The fraction of sp³-hybridized carbons (Fsp3) is 0.160. The third kappa shape index (κ3) is 5.03. The minimum Gasteiger partial charge on any atom is -0.345 e. The van der Waals surface area contributed by atoms with E-state index in [0.29, 0.717) is 6.42 Å². The molecule has 1 unspecified atom stereocenters. The molecule has 1 aromatic heterocycles. The molecule has 0 saturated heterocycles. The monoisotopic (exact) mass is 429 g/mol. The molecule has 4 rings (SSSR count). The van der Waals surface area contributed by atoms with Crippen molar-refractivity contribution in [1.29, 1.82) is 0 Å². The number of nitrogens with zero attached hydrogens (tertiary/aromatic N) is 2. The third-order valence-corrected chi connectivity index (χ3v) is 5.92. The van der Waals surface area contributed by atoms with Gasteiger partial charge in [0.05, 0.1) is 22.8 Å². The quantitative estimate of drug-likeness (QED) is 0.421. The van der Waals surface area contributed by atoms with Gasteiger partial charge in [-0.2, -0.15) is 0 Å². The molecule has 4 aromatic rings.